The van der Waals surface area contributed by atoms with Gasteiger partial charge in [0.1, 0.15) is 0 Å². The number of anilines is 1. The summed E-state index contributed by atoms with van der Waals surface area (Å²) in [6.45, 7) is 1.98. The molecule has 7 heteroatoms. The Kier molecular flexibility index (Phi) is 6.16. The Hall–Kier alpha value is -1.92. The third-order valence-electron chi connectivity index (χ3n) is 4.63. The van der Waals surface area contributed by atoms with Crippen molar-refractivity contribution in [2.45, 2.75) is 6.92 Å². The van der Waals surface area contributed by atoms with Crippen LogP contribution in [0, 0.1) is 6.92 Å². The van der Waals surface area contributed by atoms with Crippen molar-refractivity contribution >= 4 is 77.6 Å². The van der Waals surface area contributed by atoms with Crippen molar-refractivity contribution in [1.29, 1.82) is 0 Å². The van der Waals surface area contributed by atoms with Crippen LogP contribution in [0.2, 0.25) is 10.0 Å². The lowest BCUT2D eigenvalue weighted by Gasteiger charge is -2.13. The number of rotatable bonds is 3. The predicted molar refractivity (Wildman–Crippen MR) is 132 cm³/mol. The second kappa shape index (κ2) is 8.67. The maximum atomic E-state index is 13.3. The molecule has 4 rings (SSSR count). The number of fused-ring (bicyclic) bond motifs is 1. The molecule has 0 aliphatic carbocycles. The van der Waals surface area contributed by atoms with Crippen LogP contribution in [0.15, 0.2) is 69.6 Å². The lowest BCUT2D eigenvalue weighted by Crippen LogP contribution is -2.13. The monoisotopic (exact) mass is 562 g/mol. The SMILES string of the molecule is Cc1cc(Br)cc2c(C(=O)Nc3ccc(Cl)cc3Cl)cc(-c3ccc(Br)cc3)nc12. The molecule has 1 heterocycles. The van der Waals surface area contributed by atoms with Crippen LogP contribution in [-0.4, -0.2) is 10.9 Å². The number of nitrogens with one attached hydrogen (secondary N) is 1. The average Bonchev–Trinajstić information content (AvgIpc) is 2.70. The number of pyridine rings is 1. The van der Waals surface area contributed by atoms with Crippen molar-refractivity contribution in [2.75, 3.05) is 5.32 Å². The normalized spacial score (nSPS) is 11.0. The minimum absolute atomic E-state index is 0.275. The van der Waals surface area contributed by atoms with E-state index < -0.39 is 0 Å². The predicted octanol–water partition coefficient (Wildman–Crippen LogP) is 8.29. The maximum Gasteiger partial charge on any atom is 0.256 e. The van der Waals surface area contributed by atoms with Gasteiger partial charge in [-0.15, -0.1) is 0 Å². The van der Waals surface area contributed by atoms with Crippen LogP contribution in [0.4, 0.5) is 5.69 Å². The summed E-state index contributed by atoms with van der Waals surface area (Å²) in [5, 5.41) is 4.53. The molecule has 0 aliphatic rings. The number of carbonyl (C=O) groups is 1. The number of benzene rings is 3. The summed E-state index contributed by atoms with van der Waals surface area (Å²) in [5.74, 6) is -0.275. The van der Waals surface area contributed by atoms with Crippen molar-refractivity contribution in [3.8, 4) is 11.3 Å². The Morgan fingerprint density at radius 3 is 2.37 bits per heavy atom. The first-order chi connectivity index (χ1) is 14.3. The fraction of sp³-hybridized carbons (Fsp3) is 0.0435. The van der Waals surface area contributed by atoms with E-state index in [4.69, 9.17) is 28.2 Å². The molecule has 0 bridgehead atoms. The minimum Gasteiger partial charge on any atom is -0.321 e. The summed E-state index contributed by atoms with van der Waals surface area (Å²) in [6.07, 6.45) is 0. The largest absolute Gasteiger partial charge is 0.321 e. The first-order valence-electron chi connectivity index (χ1n) is 8.95. The van der Waals surface area contributed by atoms with Crippen LogP contribution in [0.5, 0.6) is 0 Å². The third-order valence-corrected chi connectivity index (χ3v) is 6.17. The summed E-state index contributed by atoms with van der Waals surface area (Å²) in [5.41, 5.74) is 4.37. The zero-order valence-electron chi connectivity index (χ0n) is 15.6. The van der Waals surface area contributed by atoms with Crippen LogP contribution in [0.1, 0.15) is 15.9 Å². The summed E-state index contributed by atoms with van der Waals surface area (Å²) in [6, 6.07) is 18.5. The van der Waals surface area contributed by atoms with Gasteiger partial charge in [-0.3, -0.25) is 4.79 Å². The van der Waals surface area contributed by atoms with Gasteiger partial charge in [-0.05, 0) is 61.0 Å². The molecule has 0 saturated carbocycles. The smallest absolute Gasteiger partial charge is 0.256 e. The summed E-state index contributed by atoms with van der Waals surface area (Å²) < 4.78 is 1.85. The van der Waals surface area contributed by atoms with E-state index in [0.29, 0.717) is 27.0 Å². The van der Waals surface area contributed by atoms with Gasteiger partial charge in [0.2, 0.25) is 0 Å². The zero-order chi connectivity index (χ0) is 21.4. The van der Waals surface area contributed by atoms with Gasteiger partial charge in [0, 0.05) is 24.9 Å². The van der Waals surface area contributed by atoms with E-state index in [-0.39, 0.29) is 5.91 Å². The van der Waals surface area contributed by atoms with Gasteiger partial charge < -0.3 is 5.32 Å². The number of aromatic nitrogens is 1. The zero-order valence-corrected chi connectivity index (χ0v) is 20.3. The van der Waals surface area contributed by atoms with E-state index in [1.165, 1.54) is 0 Å². The molecule has 1 aromatic heterocycles. The lowest BCUT2D eigenvalue weighted by molar-refractivity contribution is 0.102. The second-order valence-electron chi connectivity index (χ2n) is 6.76. The van der Waals surface area contributed by atoms with Gasteiger partial charge in [-0.25, -0.2) is 4.98 Å². The van der Waals surface area contributed by atoms with Gasteiger partial charge in [0.15, 0.2) is 0 Å². The Labute approximate surface area is 200 Å². The maximum absolute atomic E-state index is 13.3. The quantitative estimate of drug-likeness (QED) is 0.272. The summed E-state index contributed by atoms with van der Waals surface area (Å²) in [4.78, 5) is 18.1. The number of hydrogen-bond donors (Lipinski definition) is 1. The molecule has 1 amide bonds. The molecule has 4 aromatic rings. The van der Waals surface area contributed by atoms with Crippen LogP contribution in [0.3, 0.4) is 0 Å². The molecule has 30 heavy (non-hydrogen) atoms. The number of nitrogens with zero attached hydrogens (tertiary/aromatic N) is 1. The Bertz CT molecular complexity index is 1290. The number of halogens is 4. The molecule has 1 N–H and O–H groups in total. The fourth-order valence-electron chi connectivity index (χ4n) is 3.19. The molecule has 0 saturated heterocycles. The highest BCUT2D eigenvalue weighted by molar-refractivity contribution is 9.10. The van der Waals surface area contributed by atoms with Crippen molar-refractivity contribution in [2.24, 2.45) is 0 Å². The van der Waals surface area contributed by atoms with Crippen molar-refractivity contribution in [1.82, 2.24) is 4.98 Å². The van der Waals surface area contributed by atoms with E-state index >= 15 is 0 Å². The third kappa shape index (κ3) is 4.40. The highest BCUT2D eigenvalue weighted by Crippen LogP contribution is 2.32. The lowest BCUT2D eigenvalue weighted by atomic mass is 10.0. The fourth-order valence-corrected chi connectivity index (χ4v) is 4.49. The first kappa shape index (κ1) is 21.3. The summed E-state index contributed by atoms with van der Waals surface area (Å²) in [7, 11) is 0. The van der Waals surface area contributed by atoms with Gasteiger partial charge in [-0.2, -0.15) is 0 Å². The number of aryl methyl sites for hydroxylation is 1. The van der Waals surface area contributed by atoms with Crippen LogP contribution < -0.4 is 5.32 Å². The van der Waals surface area contributed by atoms with E-state index in [2.05, 4.69) is 37.2 Å². The first-order valence-corrected chi connectivity index (χ1v) is 11.3. The molecule has 0 fully saturated rings. The molecule has 3 nitrogen and oxygen atoms in total. The van der Waals surface area contributed by atoms with Crippen molar-refractivity contribution in [3.63, 3.8) is 0 Å². The van der Waals surface area contributed by atoms with Gasteiger partial charge >= 0.3 is 0 Å². The highest BCUT2D eigenvalue weighted by Gasteiger charge is 2.17. The molecule has 150 valence electrons. The molecule has 0 radical (unpaired) electrons. The van der Waals surface area contributed by atoms with Crippen LogP contribution >= 0.6 is 55.1 Å². The van der Waals surface area contributed by atoms with Crippen molar-refractivity contribution < 1.29 is 4.79 Å². The van der Waals surface area contributed by atoms with Gasteiger partial charge in [0.05, 0.1) is 27.5 Å². The van der Waals surface area contributed by atoms with E-state index in [0.717, 1.165) is 31.0 Å². The topological polar surface area (TPSA) is 42.0 Å². The molecular weight excluding hydrogens is 551 g/mol. The van der Waals surface area contributed by atoms with Crippen molar-refractivity contribution in [3.05, 3.63) is 90.8 Å². The number of carbonyl (C=O) groups excluding carboxylic acids is 1. The van der Waals surface area contributed by atoms with Crippen LogP contribution in [-0.2, 0) is 0 Å². The van der Waals surface area contributed by atoms with E-state index in [1.54, 1.807) is 24.3 Å². The highest BCUT2D eigenvalue weighted by atomic mass is 79.9. The molecule has 0 unspecified atom stereocenters. The van der Waals surface area contributed by atoms with Gasteiger partial charge in [-0.1, -0.05) is 67.2 Å². The van der Waals surface area contributed by atoms with E-state index in [9.17, 15) is 4.79 Å². The molecule has 3 aromatic carbocycles. The summed E-state index contributed by atoms with van der Waals surface area (Å²) >= 11 is 19.2. The Morgan fingerprint density at radius 2 is 1.67 bits per heavy atom. The minimum atomic E-state index is -0.275. The molecule has 0 atom stereocenters. The molecular formula is C23H14Br2Cl2N2O. The Balaban J connectivity index is 1.87. The van der Waals surface area contributed by atoms with Gasteiger partial charge in [0.25, 0.3) is 5.91 Å². The van der Waals surface area contributed by atoms with E-state index in [1.807, 2.05) is 43.3 Å². The average molecular weight is 565 g/mol. The number of hydrogen-bond acceptors (Lipinski definition) is 2. The number of amides is 1. The molecule has 0 aliphatic heterocycles. The second-order valence-corrected chi connectivity index (χ2v) is 9.43. The van der Waals surface area contributed by atoms with Crippen LogP contribution in [0.25, 0.3) is 22.2 Å². The molecule has 0 spiro atoms. The standard InChI is InChI=1S/C23H14Br2Cl2N2O/c1-12-8-15(25)9-17-18(23(30)29-20-7-6-16(26)10-19(20)27)11-21(28-22(12)17)13-2-4-14(24)5-3-13/h2-11H,1H3,(H,29,30). The Morgan fingerprint density at radius 1 is 0.933 bits per heavy atom.